The van der Waals surface area contributed by atoms with Gasteiger partial charge in [-0.05, 0) is 12.0 Å². The first-order valence-electron chi connectivity index (χ1n) is 9.37. The smallest absolute Gasteiger partial charge is 0.278 e. The summed E-state index contributed by atoms with van der Waals surface area (Å²) in [5, 5.41) is 8.62. The number of hydrogen-bond acceptors (Lipinski definition) is 6. The predicted octanol–water partition coefficient (Wildman–Crippen LogP) is 2.16. The van der Waals surface area contributed by atoms with Crippen molar-refractivity contribution in [1.29, 1.82) is 0 Å². The maximum Gasteiger partial charge on any atom is 0.278 e. The molecule has 0 radical (unpaired) electrons. The van der Waals surface area contributed by atoms with E-state index in [2.05, 4.69) is 15.2 Å². The first-order valence-corrected chi connectivity index (χ1v) is 11.0. The number of nitrogens with zero attached hydrogens (tertiary/aromatic N) is 5. The van der Waals surface area contributed by atoms with Crippen molar-refractivity contribution in [3.05, 3.63) is 53.0 Å². The fraction of sp³-hybridized carbons (Fsp3) is 0.421. The van der Waals surface area contributed by atoms with Crippen LogP contribution >= 0.6 is 0 Å². The standard InChI is InChI=1S/C19H23N5O3S/c1-3-11-28(25,26)24-10-9-16-15(13-24)18(21-23(16)2)19-20-17(22-27-19)12-14-7-5-4-6-8-14/h4-8H,3,9-13H2,1-2H3. The second-order valence-corrected chi connectivity index (χ2v) is 9.06. The first-order chi connectivity index (χ1) is 13.5. The van der Waals surface area contributed by atoms with Gasteiger partial charge in [0.25, 0.3) is 5.89 Å². The van der Waals surface area contributed by atoms with Gasteiger partial charge in [-0.1, -0.05) is 42.4 Å². The van der Waals surface area contributed by atoms with Gasteiger partial charge in [0.2, 0.25) is 10.0 Å². The molecule has 0 aliphatic carbocycles. The lowest BCUT2D eigenvalue weighted by molar-refractivity contribution is 0.384. The Labute approximate surface area is 164 Å². The van der Waals surface area contributed by atoms with Crippen molar-refractivity contribution in [3.8, 4) is 11.6 Å². The molecular weight excluding hydrogens is 378 g/mol. The molecule has 9 heteroatoms. The number of hydrogen-bond donors (Lipinski definition) is 0. The molecule has 3 heterocycles. The average Bonchev–Trinajstić information content (AvgIpc) is 3.27. The molecule has 0 amide bonds. The molecule has 0 fully saturated rings. The molecule has 0 N–H and O–H groups in total. The molecule has 1 aromatic carbocycles. The van der Waals surface area contributed by atoms with Crippen LogP contribution in [0.15, 0.2) is 34.9 Å². The number of aryl methyl sites for hydroxylation is 1. The van der Waals surface area contributed by atoms with E-state index in [1.165, 1.54) is 4.31 Å². The number of benzene rings is 1. The lowest BCUT2D eigenvalue weighted by atomic mass is 10.1. The minimum atomic E-state index is -3.27. The second kappa shape index (κ2) is 7.48. The van der Waals surface area contributed by atoms with Gasteiger partial charge in [-0.3, -0.25) is 4.68 Å². The van der Waals surface area contributed by atoms with Crippen LogP contribution in [0.2, 0.25) is 0 Å². The molecule has 28 heavy (non-hydrogen) atoms. The molecule has 148 valence electrons. The Morgan fingerprint density at radius 2 is 2.00 bits per heavy atom. The number of fused-ring (bicyclic) bond motifs is 1. The highest BCUT2D eigenvalue weighted by atomic mass is 32.2. The van der Waals surface area contributed by atoms with Gasteiger partial charge in [0.1, 0.15) is 0 Å². The zero-order valence-electron chi connectivity index (χ0n) is 16.0. The van der Waals surface area contributed by atoms with E-state index >= 15 is 0 Å². The SMILES string of the molecule is CCCS(=O)(=O)N1CCc2c(c(-c3nc(Cc4ccccc4)no3)nn2C)C1. The van der Waals surface area contributed by atoms with Crippen LogP contribution in [0.1, 0.15) is 36.0 Å². The van der Waals surface area contributed by atoms with E-state index < -0.39 is 10.0 Å². The van der Waals surface area contributed by atoms with Crippen molar-refractivity contribution in [1.82, 2.24) is 24.2 Å². The van der Waals surface area contributed by atoms with Crippen LogP contribution in [-0.2, 0) is 36.5 Å². The number of sulfonamides is 1. The third-order valence-electron chi connectivity index (χ3n) is 4.94. The van der Waals surface area contributed by atoms with Crippen LogP contribution in [0.5, 0.6) is 0 Å². The average molecular weight is 401 g/mol. The van der Waals surface area contributed by atoms with Crippen LogP contribution in [0.25, 0.3) is 11.6 Å². The lowest BCUT2D eigenvalue weighted by Gasteiger charge is -2.26. The Bertz CT molecular complexity index is 1070. The van der Waals surface area contributed by atoms with Crippen molar-refractivity contribution in [3.63, 3.8) is 0 Å². The van der Waals surface area contributed by atoms with Gasteiger partial charge >= 0.3 is 0 Å². The molecule has 0 atom stereocenters. The normalized spacial score (nSPS) is 14.9. The second-order valence-electron chi connectivity index (χ2n) is 6.98. The molecule has 3 aromatic rings. The van der Waals surface area contributed by atoms with E-state index in [0.29, 0.717) is 43.2 Å². The van der Waals surface area contributed by atoms with Gasteiger partial charge in [0.05, 0.1) is 5.75 Å². The van der Waals surface area contributed by atoms with Gasteiger partial charge in [-0.15, -0.1) is 0 Å². The summed E-state index contributed by atoms with van der Waals surface area (Å²) in [7, 11) is -1.41. The Kier molecular flexibility index (Phi) is 5.03. The number of aromatic nitrogens is 4. The summed E-state index contributed by atoms with van der Waals surface area (Å²) >= 11 is 0. The Morgan fingerprint density at radius 1 is 1.21 bits per heavy atom. The van der Waals surface area contributed by atoms with Crippen molar-refractivity contribution >= 4 is 10.0 Å². The van der Waals surface area contributed by atoms with E-state index in [0.717, 1.165) is 16.8 Å². The molecular formula is C19H23N5O3S. The van der Waals surface area contributed by atoms with Crippen molar-refractivity contribution in [2.24, 2.45) is 7.05 Å². The molecule has 1 aliphatic heterocycles. The third kappa shape index (κ3) is 3.59. The summed E-state index contributed by atoms with van der Waals surface area (Å²) in [6.45, 7) is 2.63. The van der Waals surface area contributed by atoms with E-state index in [1.54, 1.807) is 4.68 Å². The van der Waals surface area contributed by atoms with Gasteiger partial charge in [-0.25, -0.2) is 8.42 Å². The van der Waals surface area contributed by atoms with Crippen molar-refractivity contribution in [2.45, 2.75) is 32.7 Å². The summed E-state index contributed by atoms with van der Waals surface area (Å²) in [5.74, 6) is 1.06. The van der Waals surface area contributed by atoms with E-state index in [1.807, 2.05) is 44.3 Å². The molecule has 0 unspecified atom stereocenters. The highest BCUT2D eigenvalue weighted by Crippen LogP contribution is 2.30. The topological polar surface area (TPSA) is 94.1 Å². The Balaban J connectivity index is 1.62. The Hall–Kier alpha value is -2.52. The molecule has 8 nitrogen and oxygen atoms in total. The molecule has 0 spiro atoms. The van der Waals surface area contributed by atoms with Crippen LogP contribution in [0.3, 0.4) is 0 Å². The van der Waals surface area contributed by atoms with Crippen LogP contribution < -0.4 is 0 Å². The predicted molar refractivity (Wildman–Crippen MR) is 104 cm³/mol. The molecule has 1 aliphatic rings. The summed E-state index contributed by atoms with van der Waals surface area (Å²) < 4.78 is 33.8. The summed E-state index contributed by atoms with van der Waals surface area (Å²) in [4.78, 5) is 4.50. The summed E-state index contributed by atoms with van der Waals surface area (Å²) in [6.07, 6.45) is 1.78. The molecule has 2 aromatic heterocycles. The van der Waals surface area contributed by atoms with Crippen LogP contribution in [0, 0.1) is 0 Å². The molecule has 0 bridgehead atoms. The quantitative estimate of drug-likeness (QED) is 0.628. The largest absolute Gasteiger partial charge is 0.332 e. The van der Waals surface area contributed by atoms with Gasteiger partial charge < -0.3 is 4.52 Å². The monoisotopic (exact) mass is 401 g/mol. The minimum Gasteiger partial charge on any atom is -0.332 e. The van der Waals surface area contributed by atoms with Crippen molar-refractivity contribution < 1.29 is 12.9 Å². The zero-order chi connectivity index (χ0) is 19.7. The van der Waals surface area contributed by atoms with Gasteiger partial charge in [0, 0.05) is 44.2 Å². The van der Waals surface area contributed by atoms with Crippen LogP contribution in [-0.4, -0.2) is 44.9 Å². The lowest BCUT2D eigenvalue weighted by Crippen LogP contribution is -2.37. The van der Waals surface area contributed by atoms with E-state index in [9.17, 15) is 8.42 Å². The maximum absolute atomic E-state index is 12.5. The highest BCUT2D eigenvalue weighted by Gasteiger charge is 2.32. The van der Waals surface area contributed by atoms with Crippen molar-refractivity contribution in [2.75, 3.05) is 12.3 Å². The molecule has 0 saturated carbocycles. The molecule has 0 saturated heterocycles. The van der Waals surface area contributed by atoms with E-state index in [4.69, 9.17) is 4.52 Å². The van der Waals surface area contributed by atoms with Gasteiger partial charge in [-0.2, -0.15) is 14.4 Å². The van der Waals surface area contributed by atoms with Crippen LogP contribution in [0.4, 0.5) is 0 Å². The van der Waals surface area contributed by atoms with Gasteiger partial charge in [0.15, 0.2) is 11.5 Å². The fourth-order valence-corrected chi connectivity index (χ4v) is 5.03. The maximum atomic E-state index is 12.5. The van der Waals surface area contributed by atoms with E-state index in [-0.39, 0.29) is 12.3 Å². The molecule has 4 rings (SSSR count). The first kappa shape index (κ1) is 18.8. The Morgan fingerprint density at radius 3 is 2.75 bits per heavy atom. The third-order valence-corrected chi connectivity index (χ3v) is 6.96. The number of rotatable bonds is 6. The highest BCUT2D eigenvalue weighted by molar-refractivity contribution is 7.89. The minimum absolute atomic E-state index is 0.152. The zero-order valence-corrected chi connectivity index (χ0v) is 16.8. The summed E-state index contributed by atoms with van der Waals surface area (Å²) in [5.41, 5.74) is 3.53. The fourth-order valence-electron chi connectivity index (χ4n) is 3.56. The summed E-state index contributed by atoms with van der Waals surface area (Å²) in [6, 6.07) is 9.92.